The zero-order valence-corrected chi connectivity index (χ0v) is 19.1. The van der Waals surface area contributed by atoms with E-state index in [1.54, 1.807) is 24.5 Å². The van der Waals surface area contributed by atoms with E-state index in [1.807, 2.05) is 56.3 Å². The van der Waals surface area contributed by atoms with Crippen molar-refractivity contribution in [2.24, 2.45) is 0 Å². The van der Waals surface area contributed by atoms with Gasteiger partial charge in [0.05, 0.1) is 28.6 Å². The lowest BCUT2D eigenvalue weighted by Gasteiger charge is -2.12. The van der Waals surface area contributed by atoms with Gasteiger partial charge in [0.2, 0.25) is 5.91 Å². The summed E-state index contributed by atoms with van der Waals surface area (Å²) >= 11 is 12.2. The number of fused-ring (bicyclic) bond motifs is 1. The summed E-state index contributed by atoms with van der Waals surface area (Å²) in [6, 6.07) is 19.0. The highest BCUT2D eigenvalue weighted by Gasteiger charge is 2.15. The molecule has 1 amide bonds. The highest BCUT2D eigenvalue weighted by Crippen LogP contribution is 2.37. The molecule has 0 spiro atoms. The van der Waals surface area contributed by atoms with Gasteiger partial charge in [0, 0.05) is 28.7 Å². The molecule has 0 radical (unpaired) electrons. The summed E-state index contributed by atoms with van der Waals surface area (Å²) in [6.07, 6.45) is 3.26. The molecule has 0 aliphatic rings. The van der Waals surface area contributed by atoms with Crippen molar-refractivity contribution in [1.82, 2.24) is 0 Å². The van der Waals surface area contributed by atoms with Crippen molar-refractivity contribution in [2.75, 3.05) is 11.9 Å². The lowest BCUT2D eigenvalue weighted by Crippen LogP contribution is -2.09. The Kier molecular flexibility index (Phi) is 6.54. The Morgan fingerprint density at radius 1 is 1.09 bits per heavy atom. The van der Waals surface area contributed by atoms with Gasteiger partial charge in [0.1, 0.15) is 11.3 Å². The van der Waals surface area contributed by atoms with Crippen LogP contribution in [0.5, 0.6) is 5.75 Å². The monoisotopic (exact) mass is 465 g/mol. The van der Waals surface area contributed by atoms with Crippen LogP contribution in [0.4, 0.5) is 5.69 Å². The molecular weight excluding hydrogens is 445 g/mol. The molecule has 3 aromatic carbocycles. The lowest BCUT2D eigenvalue weighted by atomic mass is 9.99. The summed E-state index contributed by atoms with van der Waals surface area (Å²) in [5, 5.41) is 4.41. The molecule has 0 atom stereocenters. The maximum absolute atomic E-state index is 12.7. The third-order valence-corrected chi connectivity index (χ3v) is 5.86. The third kappa shape index (κ3) is 4.52. The molecule has 1 aromatic heterocycles. The minimum atomic E-state index is -0.315. The maximum Gasteiger partial charge on any atom is 0.248 e. The molecule has 0 unspecified atom stereocenters. The lowest BCUT2D eigenvalue weighted by molar-refractivity contribution is -0.111. The average molecular weight is 466 g/mol. The largest absolute Gasteiger partial charge is 0.493 e. The van der Waals surface area contributed by atoms with Crippen LogP contribution in [0.15, 0.2) is 77.4 Å². The zero-order chi connectivity index (χ0) is 22.7. The molecule has 32 heavy (non-hydrogen) atoms. The van der Waals surface area contributed by atoms with Crippen molar-refractivity contribution in [1.29, 1.82) is 0 Å². The van der Waals surface area contributed by atoms with Gasteiger partial charge >= 0.3 is 0 Å². The quantitative estimate of drug-likeness (QED) is 0.295. The number of carbonyl (C=O) groups excluding carboxylic acids is 1. The smallest absolute Gasteiger partial charge is 0.248 e. The SMILES string of the molecule is CCOc1cc2occ(-c3ccccc3)c2cc1/C(C)=C/C(=O)Nc1cccc(Cl)c1Cl. The second-order valence-electron chi connectivity index (χ2n) is 7.21. The fraction of sp³-hybridized carbons (Fsp3) is 0.115. The van der Waals surface area contributed by atoms with E-state index < -0.39 is 0 Å². The van der Waals surface area contributed by atoms with Crippen LogP contribution in [-0.4, -0.2) is 12.5 Å². The van der Waals surface area contributed by atoms with Gasteiger partial charge in [-0.05, 0) is 43.2 Å². The standard InChI is InChI=1S/C26H21Cl2NO3/c1-3-31-23-14-24-19(20(15-32-24)17-8-5-4-6-9-17)13-18(23)16(2)12-25(30)29-22-11-7-10-21(27)26(22)28/h4-15H,3H2,1-2H3,(H,29,30)/b16-12+. The Hall–Kier alpha value is -3.21. The fourth-order valence-corrected chi connectivity index (χ4v) is 3.87. The summed E-state index contributed by atoms with van der Waals surface area (Å²) in [5.74, 6) is 0.334. The Balaban J connectivity index is 1.73. The summed E-state index contributed by atoms with van der Waals surface area (Å²) in [6.45, 7) is 4.27. The number of halogens is 2. The van der Waals surface area contributed by atoms with E-state index in [0.29, 0.717) is 28.1 Å². The maximum atomic E-state index is 12.7. The van der Waals surface area contributed by atoms with Gasteiger partial charge in [-0.25, -0.2) is 0 Å². The Morgan fingerprint density at radius 2 is 1.88 bits per heavy atom. The number of ether oxygens (including phenoxy) is 1. The minimum absolute atomic E-state index is 0.302. The van der Waals surface area contributed by atoms with E-state index in [9.17, 15) is 4.79 Å². The van der Waals surface area contributed by atoms with Crippen molar-refractivity contribution < 1.29 is 13.9 Å². The molecule has 1 heterocycles. The van der Waals surface area contributed by atoms with Crippen LogP contribution in [-0.2, 0) is 4.79 Å². The molecule has 0 saturated carbocycles. The first-order chi connectivity index (χ1) is 15.5. The van der Waals surface area contributed by atoms with Gasteiger partial charge < -0.3 is 14.5 Å². The molecule has 0 bridgehead atoms. The first kappa shape index (κ1) is 22.0. The van der Waals surface area contributed by atoms with Crippen molar-refractivity contribution >= 4 is 51.3 Å². The fourth-order valence-electron chi connectivity index (χ4n) is 3.52. The molecule has 4 nitrogen and oxygen atoms in total. The normalized spacial score (nSPS) is 11.6. The predicted molar refractivity (Wildman–Crippen MR) is 132 cm³/mol. The molecular formula is C26H21Cl2NO3. The number of allylic oxidation sites excluding steroid dienone is 1. The van der Waals surface area contributed by atoms with Gasteiger partial charge in [-0.2, -0.15) is 0 Å². The number of amides is 1. The van der Waals surface area contributed by atoms with Crippen molar-refractivity contribution in [3.63, 3.8) is 0 Å². The molecule has 4 aromatic rings. The second kappa shape index (κ2) is 9.51. The van der Waals surface area contributed by atoms with E-state index in [2.05, 4.69) is 5.32 Å². The highest BCUT2D eigenvalue weighted by molar-refractivity contribution is 6.44. The van der Waals surface area contributed by atoms with Crippen LogP contribution in [0.1, 0.15) is 19.4 Å². The van der Waals surface area contributed by atoms with Crippen LogP contribution in [0.25, 0.3) is 27.7 Å². The molecule has 0 aliphatic carbocycles. The summed E-state index contributed by atoms with van der Waals surface area (Å²) in [5.41, 5.74) is 4.76. The van der Waals surface area contributed by atoms with Crippen molar-refractivity contribution in [3.05, 3.63) is 88.6 Å². The van der Waals surface area contributed by atoms with Gasteiger partial charge in [0.15, 0.2) is 0 Å². The number of carbonyl (C=O) groups is 1. The van der Waals surface area contributed by atoms with Gasteiger partial charge in [-0.3, -0.25) is 4.79 Å². The number of hydrogen-bond acceptors (Lipinski definition) is 3. The van der Waals surface area contributed by atoms with Crippen LogP contribution < -0.4 is 10.1 Å². The number of benzene rings is 3. The number of rotatable bonds is 6. The third-order valence-electron chi connectivity index (χ3n) is 5.04. The van der Waals surface area contributed by atoms with Crippen molar-refractivity contribution in [2.45, 2.75) is 13.8 Å². The molecule has 4 rings (SSSR count). The van der Waals surface area contributed by atoms with Crippen LogP contribution in [0, 0.1) is 0 Å². The zero-order valence-electron chi connectivity index (χ0n) is 17.6. The Bertz CT molecular complexity index is 1310. The average Bonchev–Trinajstić information content (AvgIpc) is 3.20. The number of nitrogens with one attached hydrogen (secondary N) is 1. The van der Waals surface area contributed by atoms with E-state index in [1.165, 1.54) is 6.08 Å². The predicted octanol–water partition coefficient (Wildman–Crippen LogP) is 7.85. The first-order valence-electron chi connectivity index (χ1n) is 10.1. The van der Waals surface area contributed by atoms with E-state index in [-0.39, 0.29) is 5.91 Å². The minimum Gasteiger partial charge on any atom is -0.493 e. The molecule has 0 fully saturated rings. The van der Waals surface area contributed by atoms with Crippen LogP contribution in [0.2, 0.25) is 10.0 Å². The molecule has 1 N–H and O–H groups in total. The topological polar surface area (TPSA) is 51.5 Å². The Labute approximate surface area is 196 Å². The number of anilines is 1. The van der Waals surface area contributed by atoms with Crippen molar-refractivity contribution in [3.8, 4) is 16.9 Å². The molecule has 0 saturated heterocycles. The summed E-state index contributed by atoms with van der Waals surface area (Å²) in [4.78, 5) is 12.7. The second-order valence-corrected chi connectivity index (χ2v) is 8.00. The molecule has 162 valence electrons. The van der Waals surface area contributed by atoms with E-state index >= 15 is 0 Å². The first-order valence-corrected chi connectivity index (χ1v) is 10.9. The van der Waals surface area contributed by atoms with Crippen LogP contribution in [0.3, 0.4) is 0 Å². The van der Waals surface area contributed by atoms with E-state index in [0.717, 1.165) is 33.2 Å². The van der Waals surface area contributed by atoms with E-state index in [4.69, 9.17) is 32.4 Å². The Morgan fingerprint density at radius 3 is 2.62 bits per heavy atom. The number of furan rings is 1. The van der Waals surface area contributed by atoms with Gasteiger partial charge in [-0.15, -0.1) is 0 Å². The molecule has 6 heteroatoms. The van der Waals surface area contributed by atoms with Crippen LogP contribution >= 0.6 is 23.2 Å². The number of hydrogen-bond donors (Lipinski definition) is 1. The summed E-state index contributed by atoms with van der Waals surface area (Å²) in [7, 11) is 0. The van der Waals surface area contributed by atoms with Gasteiger partial charge in [-0.1, -0.05) is 59.6 Å². The van der Waals surface area contributed by atoms with Gasteiger partial charge in [0.25, 0.3) is 0 Å². The summed E-state index contributed by atoms with van der Waals surface area (Å²) < 4.78 is 11.6. The molecule has 0 aliphatic heterocycles. The highest BCUT2D eigenvalue weighted by atomic mass is 35.5.